The topological polar surface area (TPSA) is 63.3 Å². The van der Waals surface area contributed by atoms with Crippen molar-refractivity contribution in [2.45, 2.75) is 84.1 Å². The minimum atomic E-state index is -0.727. The van der Waals surface area contributed by atoms with Gasteiger partial charge in [0, 0.05) is 12.0 Å². The Labute approximate surface area is 149 Å². The highest BCUT2D eigenvalue weighted by molar-refractivity contribution is 14.1. The van der Waals surface area contributed by atoms with Crippen molar-refractivity contribution in [3.63, 3.8) is 0 Å². The normalized spacial score (nSPS) is 21.7. The number of nitrogens with two attached hydrogens (primary N) is 1. The largest absolute Gasteiger partial charge is 0.481 e. The minimum absolute atomic E-state index is 0.197. The molecular formula is C18H32INO2. The van der Waals surface area contributed by atoms with Crippen LogP contribution in [0, 0.1) is 11.8 Å². The van der Waals surface area contributed by atoms with E-state index in [1.165, 1.54) is 54.1 Å². The maximum atomic E-state index is 10.9. The number of carboxylic acid groups (broad SMARTS) is 1. The number of halogens is 1. The van der Waals surface area contributed by atoms with Crippen LogP contribution < -0.4 is 5.73 Å². The fourth-order valence-corrected chi connectivity index (χ4v) is 4.65. The molecule has 0 radical (unpaired) electrons. The molecule has 1 aliphatic carbocycles. The zero-order chi connectivity index (χ0) is 16.8. The van der Waals surface area contributed by atoms with E-state index in [9.17, 15) is 4.79 Å². The van der Waals surface area contributed by atoms with Gasteiger partial charge in [-0.15, -0.1) is 0 Å². The predicted molar refractivity (Wildman–Crippen MR) is 101 cm³/mol. The first-order valence-corrected chi connectivity index (χ1v) is 9.74. The molecule has 3 N–H and O–H groups in total. The third-order valence-corrected chi connectivity index (χ3v) is 6.26. The summed E-state index contributed by atoms with van der Waals surface area (Å²) >= 11 is 2.36. The summed E-state index contributed by atoms with van der Waals surface area (Å²) in [6.45, 7) is 6.47. The third kappa shape index (κ3) is 5.84. The maximum Gasteiger partial charge on any atom is 0.303 e. The summed E-state index contributed by atoms with van der Waals surface area (Å²) in [5.74, 6) is 0.149. The molecule has 4 heteroatoms. The van der Waals surface area contributed by atoms with Gasteiger partial charge in [-0.25, -0.2) is 0 Å². The Morgan fingerprint density at radius 1 is 1.18 bits per heavy atom. The van der Waals surface area contributed by atoms with E-state index in [0.29, 0.717) is 18.3 Å². The van der Waals surface area contributed by atoms with Crippen LogP contribution in [0.2, 0.25) is 0 Å². The minimum Gasteiger partial charge on any atom is -0.481 e. The molecule has 128 valence electrons. The molecular weight excluding hydrogens is 389 g/mol. The zero-order valence-corrected chi connectivity index (χ0v) is 16.5. The molecule has 0 saturated heterocycles. The molecule has 22 heavy (non-hydrogen) atoms. The van der Waals surface area contributed by atoms with Crippen molar-refractivity contribution in [1.82, 2.24) is 0 Å². The fraction of sp³-hybridized carbons (Fsp3) is 0.833. The summed E-state index contributed by atoms with van der Waals surface area (Å²) in [6.07, 6.45) is 9.74. The van der Waals surface area contributed by atoms with Crippen LogP contribution in [0.3, 0.4) is 0 Å². The highest BCUT2D eigenvalue weighted by Gasteiger charge is 2.34. The number of aliphatic carboxylic acids is 1. The van der Waals surface area contributed by atoms with Crippen molar-refractivity contribution < 1.29 is 9.90 Å². The fourth-order valence-electron chi connectivity index (χ4n) is 3.36. The number of rotatable bonds is 6. The first-order valence-electron chi connectivity index (χ1n) is 8.66. The Morgan fingerprint density at radius 2 is 1.68 bits per heavy atom. The van der Waals surface area contributed by atoms with Crippen molar-refractivity contribution in [3.8, 4) is 0 Å². The Hall–Kier alpha value is -0.100. The van der Waals surface area contributed by atoms with E-state index < -0.39 is 5.97 Å². The summed E-state index contributed by atoms with van der Waals surface area (Å²) in [5.41, 5.74) is 7.71. The van der Waals surface area contributed by atoms with Crippen LogP contribution in [0.5, 0.6) is 0 Å². The average Bonchev–Trinajstić information content (AvgIpc) is 2.38. The van der Waals surface area contributed by atoms with Gasteiger partial charge in [0.05, 0.1) is 0 Å². The molecule has 3 nitrogen and oxygen atoms in total. The molecule has 0 bridgehead atoms. The monoisotopic (exact) mass is 421 g/mol. The molecule has 0 aromatic heterocycles. The van der Waals surface area contributed by atoms with Crippen LogP contribution in [0.25, 0.3) is 0 Å². The second kappa shape index (κ2) is 9.26. The first-order chi connectivity index (χ1) is 10.3. The van der Waals surface area contributed by atoms with Crippen molar-refractivity contribution >= 4 is 28.6 Å². The van der Waals surface area contributed by atoms with E-state index in [1.54, 1.807) is 0 Å². The molecule has 1 fully saturated rings. The van der Waals surface area contributed by atoms with Gasteiger partial charge >= 0.3 is 5.97 Å². The second-order valence-electron chi connectivity index (χ2n) is 7.19. The number of carboxylic acids is 1. The molecule has 0 amide bonds. The van der Waals surface area contributed by atoms with Crippen molar-refractivity contribution in [3.05, 3.63) is 9.15 Å². The molecule has 0 spiro atoms. The second-order valence-corrected chi connectivity index (χ2v) is 8.49. The van der Waals surface area contributed by atoms with Gasteiger partial charge in [0.2, 0.25) is 0 Å². The van der Waals surface area contributed by atoms with E-state index >= 15 is 0 Å². The van der Waals surface area contributed by atoms with E-state index in [2.05, 4.69) is 43.4 Å². The van der Waals surface area contributed by atoms with Gasteiger partial charge in [-0.2, -0.15) is 0 Å². The smallest absolute Gasteiger partial charge is 0.303 e. The maximum absolute atomic E-state index is 10.9. The zero-order valence-electron chi connectivity index (χ0n) is 14.3. The average molecular weight is 421 g/mol. The Bertz CT molecular complexity index is 394. The van der Waals surface area contributed by atoms with Gasteiger partial charge in [0.1, 0.15) is 0 Å². The molecule has 1 atom stereocenters. The van der Waals surface area contributed by atoms with Crippen LogP contribution in [0.15, 0.2) is 9.15 Å². The predicted octanol–water partition coefficient (Wildman–Crippen LogP) is 5.27. The lowest BCUT2D eigenvalue weighted by molar-refractivity contribution is -0.136. The number of allylic oxidation sites excluding steroid dienone is 1. The highest BCUT2D eigenvalue weighted by Crippen LogP contribution is 2.40. The van der Waals surface area contributed by atoms with Crippen LogP contribution in [-0.2, 0) is 4.79 Å². The quantitative estimate of drug-likeness (QED) is 0.574. The number of hydrogen-bond acceptors (Lipinski definition) is 2. The summed E-state index contributed by atoms with van der Waals surface area (Å²) in [7, 11) is 0. The summed E-state index contributed by atoms with van der Waals surface area (Å²) < 4.78 is 1.18. The highest BCUT2D eigenvalue weighted by atomic mass is 127. The molecule has 0 aromatic carbocycles. The van der Waals surface area contributed by atoms with Gasteiger partial charge in [0.25, 0.3) is 0 Å². The summed E-state index contributed by atoms with van der Waals surface area (Å²) in [5, 5.41) is 8.99. The van der Waals surface area contributed by atoms with Crippen LogP contribution in [0.4, 0.5) is 0 Å². The molecule has 0 aromatic rings. The van der Waals surface area contributed by atoms with E-state index in [-0.39, 0.29) is 12.0 Å². The lowest BCUT2D eigenvalue weighted by Gasteiger charge is -2.39. The SMILES string of the molecule is CC(C)C(C)(N)/C(=C(\I)CCC(=O)O)C1CCCCCCC1. The van der Waals surface area contributed by atoms with Gasteiger partial charge in [-0.05, 0) is 69.8 Å². The van der Waals surface area contributed by atoms with Crippen LogP contribution in [-0.4, -0.2) is 16.6 Å². The Balaban J connectivity index is 3.08. The van der Waals surface area contributed by atoms with Gasteiger partial charge < -0.3 is 10.8 Å². The molecule has 0 aliphatic heterocycles. The van der Waals surface area contributed by atoms with Crippen molar-refractivity contribution in [1.29, 1.82) is 0 Å². The molecule has 1 unspecified atom stereocenters. The number of hydrogen-bond donors (Lipinski definition) is 2. The number of carbonyl (C=O) groups is 1. The van der Waals surface area contributed by atoms with Crippen molar-refractivity contribution in [2.24, 2.45) is 17.6 Å². The molecule has 1 rings (SSSR count). The Kier molecular flexibility index (Phi) is 8.39. The lowest BCUT2D eigenvalue weighted by atomic mass is 9.72. The summed E-state index contributed by atoms with van der Waals surface area (Å²) in [6, 6.07) is 0. The van der Waals surface area contributed by atoms with Crippen LogP contribution in [0.1, 0.15) is 78.6 Å². The standard InChI is InChI=1S/C18H32INO2/c1-13(2)18(3,20)17(15(19)11-12-16(21)22)14-9-7-5-4-6-8-10-14/h13-14H,4-12,20H2,1-3H3,(H,21,22)/b17-15-. The lowest BCUT2D eigenvalue weighted by Crippen LogP contribution is -2.46. The first kappa shape index (κ1) is 19.9. The van der Waals surface area contributed by atoms with Gasteiger partial charge in [-0.1, -0.05) is 46.0 Å². The van der Waals surface area contributed by atoms with Gasteiger partial charge in [-0.3, -0.25) is 4.79 Å². The van der Waals surface area contributed by atoms with E-state index in [1.807, 2.05) is 0 Å². The molecule has 1 aliphatic rings. The Morgan fingerprint density at radius 3 is 2.14 bits per heavy atom. The molecule has 1 saturated carbocycles. The van der Waals surface area contributed by atoms with Gasteiger partial charge in [0.15, 0.2) is 0 Å². The van der Waals surface area contributed by atoms with E-state index in [4.69, 9.17) is 10.8 Å². The van der Waals surface area contributed by atoms with E-state index in [0.717, 1.165) is 0 Å². The summed E-state index contributed by atoms with van der Waals surface area (Å²) in [4.78, 5) is 10.9. The van der Waals surface area contributed by atoms with Crippen molar-refractivity contribution in [2.75, 3.05) is 0 Å². The van der Waals surface area contributed by atoms with Crippen LogP contribution >= 0.6 is 22.6 Å². The molecule has 0 heterocycles. The third-order valence-electron chi connectivity index (χ3n) is 5.14.